The lowest BCUT2D eigenvalue weighted by Crippen LogP contribution is -2.42. The van der Waals surface area contributed by atoms with Crippen LogP contribution in [0.4, 0.5) is 5.69 Å². The highest BCUT2D eigenvalue weighted by Gasteiger charge is 2.24. The van der Waals surface area contributed by atoms with Crippen LogP contribution in [0.5, 0.6) is 0 Å². The molecule has 1 aromatic rings. The Labute approximate surface area is 129 Å². The van der Waals surface area contributed by atoms with E-state index in [0.29, 0.717) is 6.54 Å². The molecular weight excluding hydrogens is 294 g/mol. The normalized spacial score (nSPS) is 12.2. The molecule has 1 N–H and O–H groups in total. The van der Waals surface area contributed by atoms with Crippen molar-refractivity contribution in [3.63, 3.8) is 0 Å². The molecule has 1 atom stereocenters. The number of likely N-dealkylation sites (N-methyl/N-ethyl adjacent to an activating group) is 1. The predicted molar refractivity (Wildman–Crippen MR) is 82.8 cm³/mol. The molecule has 7 heteroatoms. The zero-order valence-corrected chi connectivity index (χ0v) is 13.2. The summed E-state index contributed by atoms with van der Waals surface area (Å²) in [6.07, 6.45) is 0. The molecular formula is C14H20ClN3O3. The van der Waals surface area contributed by atoms with E-state index in [0.717, 1.165) is 13.1 Å². The largest absolute Gasteiger partial charge is 0.348 e. The maximum atomic E-state index is 12.2. The highest BCUT2D eigenvalue weighted by atomic mass is 35.5. The first-order chi connectivity index (χ1) is 9.90. The van der Waals surface area contributed by atoms with Gasteiger partial charge in [-0.3, -0.25) is 14.9 Å². The van der Waals surface area contributed by atoms with Crippen LogP contribution in [0.15, 0.2) is 18.2 Å². The number of para-hydroxylation sites is 1. The summed E-state index contributed by atoms with van der Waals surface area (Å²) in [5.41, 5.74) is -0.370. The molecule has 0 spiro atoms. The fourth-order valence-electron chi connectivity index (χ4n) is 2.10. The van der Waals surface area contributed by atoms with Crippen molar-refractivity contribution < 1.29 is 9.72 Å². The van der Waals surface area contributed by atoms with Crippen LogP contribution in [0.25, 0.3) is 0 Å². The van der Waals surface area contributed by atoms with E-state index in [1.807, 2.05) is 20.8 Å². The van der Waals surface area contributed by atoms with Crippen LogP contribution in [-0.4, -0.2) is 41.4 Å². The van der Waals surface area contributed by atoms with Gasteiger partial charge in [-0.05, 0) is 32.1 Å². The number of carbonyl (C=O) groups excluding carboxylic acids is 1. The number of rotatable bonds is 7. The fraction of sp³-hybridized carbons (Fsp3) is 0.500. The molecule has 0 aliphatic heterocycles. The predicted octanol–water partition coefficient (Wildman–Crippen LogP) is 2.71. The van der Waals surface area contributed by atoms with Crippen molar-refractivity contribution in [3.8, 4) is 0 Å². The Kier molecular flexibility index (Phi) is 6.58. The Morgan fingerprint density at radius 3 is 2.57 bits per heavy atom. The first-order valence-electron chi connectivity index (χ1n) is 6.86. The standard InChI is InChI=1S/C14H20ClN3O3/c1-4-17(5-2)9-10(3)16-14(19)11-7-6-8-12(15)13(11)18(20)21/h6-8,10H,4-5,9H2,1-3H3,(H,16,19). The van der Waals surface area contributed by atoms with Crippen molar-refractivity contribution in [2.75, 3.05) is 19.6 Å². The Hall–Kier alpha value is -1.66. The van der Waals surface area contributed by atoms with Crippen molar-refractivity contribution in [1.82, 2.24) is 10.2 Å². The number of nitrogens with zero attached hydrogens (tertiary/aromatic N) is 2. The SMILES string of the molecule is CCN(CC)CC(C)NC(=O)c1cccc(Cl)c1[N+](=O)[O-]. The lowest BCUT2D eigenvalue weighted by atomic mass is 10.1. The minimum atomic E-state index is -0.633. The van der Waals surface area contributed by atoms with E-state index in [1.165, 1.54) is 18.2 Å². The van der Waals surface area contributed by atoms with Gasteiger partial charge >= 0.3 is 5.69 Å². The molecule has 0 fully saturated rings. The van der Waals surface area contributed by atoms with Crippen molar-refractivity contribution in [2.24, 2.45) is 0 Å². The third kappa shape index (κ3) is 4.68. The maximum Gasteiger partial charge on any atom is 0.300 e. The summed E-state index contributed by atoms with van der Waals surface area (Å²) in [7, 11) is 0. The first kappa shape index (κ1) is 17.4. The maximum absolute atomic E-state index is 12.2. The second-order valence-electron chi connectivity index (χ2n) is 4.75. The zero-order chi connectivity index (χ0) is 16.0. The second-order valence-corrected chi connectivity index (χ2v) is 5.16. The number of nitro groups is 1. The van der Waals surface area contributed by atoms with E-state index in [4.69, 9.17) is 11.6 Å². The molecule has 116 valence electrons. The van der Waals surface area contributed by atoms with Crippen LogP contribution in [0.2, 0.25) is 5.02 Å². The number of nitro benzene ring substituents is 1. The summed E-state index contributed by atoms with van der Waals surface area (Å²) in [6, 6.07) is 4.22. The van der Waals surface area contributed by atoms with E-state index < -0.39 is 10.8 Å². The Balaban J connectivity index is 2.85. The molecule has 6 nitrogen and oxygen atoms in total. The summed E-state index contributed by atoms with van der Waals surface area (Å²) >= 11 is 5.80. The molecule has 1 aromatic carbocycles. The zero-order valence-electron chi connectivity index (χ0n) is 12.4. The van der Waals surface area contributed by atoms with Gasteiger partial charge in [-0.25, -0.2) is 0 Å². The molecule has 0 aliphatic rings. The van der Waals surface area contributed by atoms with Crippen LogP contribution in [0.1, 0.15) is 31.1 Å². The molecule has 0 heterocycles. The van der Waals surface area contributed by atoms with Crippen LogP contribution < -0.4 is 5.32 Å². The summed E-state index contributed by atoms with van der Waals surface area (Å²) in [5.74, 6) is -0.483. The summed E-state index contributed by atoms with van der Waals surface area (Å²) in [6.45, 7) is 8.40. The van der Waals surface area contributed by atoms with Gasteiger partial charge in [-0.2, -0.15) is 0 Å². The van der Waals surface area contributed by atoms with Gasteiger partial charge in [0.15, 0.2) is 0 Å². The molecule has 1 unspecified atom stereocenters. The van der Waals surface area contributed by atoms with Crippen LogP contribution in [0, 0.1) is 10.1 Å². The van der Waals surface area contributed by atoms with Gasteiger partial charge in [0.05, 0.1) is 4.92 Å². The Bertz CT molecular complexity index is 518. The summed E-state index contributed by atoms with van der Waals surface area (Å²) in [4.78, 5) is 24.8. The molecule has 1 rings (SSSR count). The van der Waals surface area contributed by atoms with Crippen molar-refractivity contribution >= 4 is 23.2 Å². The van der Waals surface area contributed by atoms with Crippen LogP contribution in [-0.2, 0) is 0 Å². The monoisotopic (exact) mass is 313 g/mol. The minimum absolute atomic E-state index is 0.0149. The van der Waals surface area contributed by atoms with E-state index >= 15 is 0 Å². The van der Waals surface area contributed by atoms with Crippen LogP contribution >= 0.6 is 11.6 Å². The van der Waals surface area contributed by atoms with Gasteiger partial charge in [-0.1, -0.05) is 31.5 Å². The Morgan fingerprint density at radius 1 is 1.43 bits per heavy atom. The van der Waals surface area contributed by atoms with Gasteiger partial charge in [0.25, 0.3) is 5.91 Å². The quantitative estimate of drug-likeness (QED) is 0.620. The number of carbonyl (C=O) groups is 1. The van der Waals surface area contributed by atoms with Crippen molar-refractivity contribution in [1.29, 1.82) is 0 Å². The average Bonchev–Trinajstić information content (AvgIpc) is 2.43. The smallest absolute Gasteiger partial charge is 0.300 e. The van der Waals surface area contributed by atoms with E-state index in [1.54, 1.807) is 0 Å². The van der Waals surface area contributed by atoms with Gasteiger partial charge in [-0.15, -0.1) is 0 Å². The molecule has 0 aliphatic carbocycles. The highest BCUT2D eigenvalue weighted by molar-refractivity contribution is 6.33. The summed E-state index contributed by atoms with van der Waals surface area (Å²) in [5, 5.41) is 13.8. The van der Waals surface area contributed by atoms with Crippen LogP contribution in [0.3, 0.4) is 0 Å². The molecule has 1 amide bonds. The molecule has 0 saturated heterocycles. The third-order valence-corrected chi connectivity index (χ3v) is 3.52. The Morgan fingerprint density at radius 2 is 2.05 bits per heavy atom. The molecule has 0 bridgehead atoms. The van der Waals surface area contributed by atoms with Gasteiger partial charge < -0.3 is 10.2 Å². The van der Waals surface area contributed by atoms with Gasteiger partial charge in [0.2, 0.25) is 0 Å². The highest BCUT2D eigenvalue weighted by Crippen LogP contribution is 2.28. The van der Waals surface area contributed by atoms with Crippen molar-refractivity contribution in [2.45, 2.75) is 26.8 Å². The van der Waals surface area contributed by atoms with Gasteiger partial charge in [0, 0.05) is 12.6 Å². The van der Waals surface area contributed by atoms with E-state index in [2.05, 4.69) is 10.2 Å². The minimum Gasteiger partial charge on any atom is -0.348 e. The summed E-state index contributed by atoms with van der Waals surface area (Å²) < 4.78 is 0. The third-order valence-electron chi connectivity index (χ3n) is 3.22. The molecule has 21 heavy (non-hydrogen) atoms. The van der Waals surface area contributed by atoms with E-state index in [-0.39, 0.29) is 22.3 Å². The first-order valence-corrected chi connectivity index (χ1v) is 7.24. The molecule has 0 aromatic heterocycles. The van der Waals surface area contributed by atoms with Gasteiger partial charge in [0.1, 0.15) is 10.6 Å². The lowest BCUT2D eigenvalue weighted by molar-refractivity contribution is -0.385. The second kappa shape index (κ2) is 7.95. The average molecular weight is 314 g/mol. The number of hydrogen-bond acceptors (Lipinski definition) is 4. The fourth-order valence-corrected chi connectivity index (χ4v) is 2.34. The molecule has 0 radical (unpaired) electrons. The number of amides is 1. The van der Waals surface area contributed by atoms with Crippen molar-refractivity contribution in [3.05, 3.63) is 38.9 Å². The van der Waals surface area contributed by atoms with E-state index in [9.17, 15) is 14.9 Å². The topological polar surface area (TPSA) is 75.5 Å². The number of nitrogens with one attached hydrogen (secondary N) is 1. The molecule has 0 saturated carbocycles. The number of halogens is 1. The number of benzene rings is 1. The number of hydrogen-bond donors (Lipinski definition) is 1. The lowest BCUT2D eigenvalue weighted by Gasteiger charge is -2.23.